The van der Waals surface area contributed by atoms with Crippen molar-refractivity contribution in [3.05, 3.63) is 0 Å². The van der Waals surface area contributed by atoms with Gasteiger partial charge in [-0.05, 0) is 40.0 Å². The molecule has 1 saturated carbocycles. The molecule has 2 bridgehead atoms. The van der Waals surface area contributed by atoms with Crippen molar-refractivity contribution in [3.63, 3.8) is 0 Å². The molecule has 1 aliphatic heterocycles. The number of fused-ring (bicyclic) bond motifs is 2. The Morgan fingerprint density at radius 1 is 1.25 bits per heavy atom. The first-order valence-electron chi connectivity index (χ1n) is 6.87. The average Bonchev–Trinajstić information content (AvgIpc) is 2.77. The standard InChI is InChI=1S/C12H22NO5PS/c1-7(2)16-19(15,17-8(3)4)18-13-6-9-5-10(13)11(14)12(9)20/h7-10,12,20H,5-6H2,1-4H3/t9-,10-,12-/m0/s1. The van der Waals surface area contributed by atoms with Crippen LogP contribution < -0.4 is 0 Å². The number of ketones is 1. The molecule has 1 saturated heterocycles. The number of thiol groups is 1. The number of Topliss-reactive ketones (excluding diaryl/α,β-unsaturated/α-hetero) is 1. The second-order valence-electron chi connectivity index (χ2n) is 5.80. The zero-order valence-electron chi connectivity index (χ0n) is 12.2. The van der Waals surface area contributed by atoms with Gasteiger partial charge < -0.3 is 0 Å². The number of rotatable bonds is 6. The molecule has 0 radical (unpaired) electrons. The van der Waals surface area contributed by atoms with E-state index in [0.29, 0.717) is 13.0 Å². The normalized spacial score (nSPS) is 30.9. The summed E-state index contributed by atoms with van der Waals surface area (Å²) < 4.78 is 28.7. The predicted molar refractivity (Wildman–Crippen MR) is 77.5 cm³/mol. The monoisotopic (exact) mass is 323 g/mol. The molecule has 0 aromatic carbocycles. The minimum Gasteiger partial charge on any atom is -0.297 e. The first-order valence-corrected chi connectivity index (χ1v) is 8.84. The fourth-order valence-corrected chi connectivity index (χ4v) is 4.54. The van der Waals surface area contributed by atoms with Crippen molar-refractivity contribution in [1.29, 1.82) is 0 Å². The summed E-state index contributed by atoms with van der Waals surface area (Å²) >= 11 is 4.29. The zero-order chi connectivity index (χ0) is 15.1. The Hall–Kier alpha value is 0.0900. The summed E-state index contributed by atoms with van der Waals surface area (Å²) in [6, 6.07) is -0.387. The average molecular weight is 323 g/mol. The van der Waals surface area contributed by atoms with Crippen LogP contribution in [0.3, 0.4) is 0 Å². The van der Waals surface area contributed by atoms with Crippen molar-refractivity contribution in [2.75, 3.05) is 6.54 Å². The van der Waals surface area contributed by atoms with Crippen molar-refractivity contribution >= 4 is 26.2 Å². The second kappa shape index (κ2) is 6.07. The van der Waals surface area contributed by atoms with Gasteiger partial charge in [0, 0.05) is 6.54 Å². The number of piperidine rings is 1. The quantitative estimate of drug-likeness (QED) is 0.598. The Balaban J connectivity index is 2.06. The molecular formula is C12H22NO5PS. The molecule has 0 amide bonds. The van der Waals surface area contributed by atoms with Gasteiger partial charge in [-0.1, -0.05) is 0 Å². The first-order chi connectivity index (χ1) is 9.22. The van der Waals surface area contributed by atoms with Gasteiger partial charge in [0.2, 0.25) is 0 Å². The van der Waals surface area contributed by atoms with Crippen molar-refractivity contribution in [2.45, 2.75) is 57.6 Å². The molecule has 8 heteroatoms. The molecule has 2 aliphatic rings. The van der Waals surface area contributed by atoms with Crippen molar-refractivity contribution in [1.82, 2.24) is 5.06 Å². The summed E-state index contributed by atoms with van der Waals surface area (Å²) in [6.07, 6.45) is 0.0940. The van der Waals surface area contributed by atoms with Gasteiger partial charge in [0.15, 0.2) is 5.78 Å². The van der Waals surface area contributed by atoms with Gasteiger partial charge in [0.1, 0.15) is 0 Å². The number of nitrogens with zero attached hydrogens (tertiary/aromatic N) is 1. The Morgan fingerprint density at radius 3 is 2.20 bits per heavy atom. The van der Waals surface area contributed by atoms with Gasteiger partial charge in [-0.25, -0.2) is 4.57 Å². The van der Waals surface area contributed by atoms with Crippen LogP contribution in [-0.4, -0.2) is 40.9 Å². The molecule has 1 aliphatic carbocycles. The highest BCUT2D eigenvalue weighted by molar-refractivity contribution is 7.81. The summed E-state index contributed by atoms with van der Waals surface area (Å²) in [5.41, 5.74) is 0. The Bertz CT molecular complexity index is 416. The maximum Gasteiger partial charge on any atom is 0.492 e. The number of phosphoric ester groups is 1. The van der Waals surface area contributed by atoms with Gasteiger partial charge in [-0.3, -0.25) is 13.8 Å². The minimum atomic E-state index is -3.71. The number of carbonyl (C=O) groups is 1. The Labute approximate surface area is 125 Å². The molecule has 1 heterocycles. The molecule has 0 spiro atoms. The van der Waals surface area contributed by atoms with E-state index in [1.807, 2.05) is 0 Å². The summed E-state index contributed by atoms with van der Waals surface area (Å²) in [4.78, 5) is 11.9. The highest BCUT2D eigenvalue weighted by Gasteiger charge is 2.53. The fraction of sp³-hybridized carbons (Fsp3) is 0.917. The smallest absolute Gasteiger partial charge is 0.297 e. The third kappa shape index (κ3) is 3.46. The minimum absolute atomic E-state index is 0.0187. The van der Waals surface area contributed by atoms with Gasteiger partial charge in [0.05, 0.1) is 23.5 Å². The molecule has 0 aromatic heterocycles. The van der Waals surface area contributed by atoms with Crippen LogP contribution in [0, 0.1) is 5.92 Å². The first kappa shape index (κ1) is 16.5. The lowest BCUT2D eigenvalue weighted by molar-refractivity contribution is -0.146. The van der Waals surface area contributed by atoms with E-state index >= 15 is 0 Å². The lowest BCUT2D eigenvalue weighted by Gasteiger charge is -2.31. The third-order valence-corrected chi connectivity index (χ3v) is 5.68. The maximum absolute atomic E-state index is 12.6. The molecular weight excluding hydrogens is 301 g/mol. The van der Waals surface area contributed by atoms with Gasteiger partial charge in [-0.2, -0.15) is 22.3 Å². The maximum atomic E-state index is 12.6. The largest absolute Gasteiger partial charge is 0.492 e. The van der Waals surface area contributed by atoms with E-state index in [2.05, 4.69) is 12.6 Å². The number of hydroxylamine groups is 2. The van der Waals surface area contributed by atoms with Crippen molar-refractivity contribution in [3.8, 4) is 0 Å². The van der Waals surface area contributed by atoms with Crippen LogP contribution in [0.15, 0.2) is 0 Å². The van der Waals surface area contributed by atoms with Crippen LogP contribution in [0.25, 0.3) is 0 Å². The number of hydrogen-bond acceptors (Lipinski definition) is 7. The van der Waals surface area contributed by atoms with Crippen LogP contribution >= 0.6 is 20.5 Å². The molecule has 3 atom stereocenters. The molecule has 2 fully saturated rings. The van der Waals surface area contributed by atoms with E-state index in [-0.39, 0.29) is 35.2 Å². The molecule has 0 N–H and O–H groups in total. The summed E-state index contributed by atoms with van der Waals surface area (Å²) in [5, 5.41) is 1.21. The van der Waals surface area contributed by atoms with Crippen LogP contribution in [-0.2, 0) is 23.0 Å². The molecule has 6 nitrogen and oxygen atoms in total. The van der Waals surface area contributed by atoms with Gasteiger partial charge in [-0.15, -0.1) is 0 Å². The summed E-state index contributed by atoms with van der Waals surface area (Å²) in [7, 11) is -3.71. The molecule has 20 heavy (non-hydrogen) atoms. The fourth-order valence-electron chi connectivity index (χ4n) is 2.55. The van der Waals surface area contributed by atoms with E-state index in [1.165, 1.54) is 5.06 Å². The molecule has 0 unspecified atom stereocenters. The van der Waals surface area contributed by atoms with Crippen LogP contribution in [0.1, 0.15) is 34.1 Å². The lowest BCUT2D eigenvalue weighted by Crippen LogP contribution is -2.43. The Kier molecular flexibility index (Phi) is 4.99. The SMILES string of the molecule is CC(C)OP(=O)(OC(C)C)ON1C[C@@H]2C[C@H]1C(=O)[C@H]2S. The van der Waals surface area contributed by atoms with E-state index in [4.69, 9.17) is 13.7 Å². The van der Waals surface area contributed by atoms with Crippen LogP contribution in [0.2, 0.25) is 0 Å². The summed E-state index contributed by atoms with van der Waals surface area (Å²) in [5.74, 6) is 0.160. The second-order valence-corrected chi connectivity index (χ2v) is 7.83. The molecule has 0 aromatic rings. The van der Waals surface area contributed by atoms with Crippen molar-refractivity contribution < 1.29 is 23.0 Å². The predicted octanol–water partition coefficient (Wildman–Crippen LogP) is 2.45. The molecule has 116 valence electrons. The van der Waals surface area contributed by atoms with Crippen LogP contribution in [0.5, 0.6) is 0 Å². The van der Waals surface area contributed by atoms with E-state index in [0.717, 1.165) is 0 Å². The van der Waals surface area contributed by atoms with E-state index < -0.39 is 7.82 Å². The Morgan fingerprint density at radius 2 is 1.80 bits per heavy atom. The van der Waals surface area contributed by atoms with Gasteiger partial charge >= 0.3 is 7.82 Å². The third-order valence-electron chi connectivity index (χ3n) is 3.24. The molecule has 2 rings (SSSR count). The topological polar surface area (TPSA) is 65.1 Å². The summed E-state index contributed by atoms with van der Waals surface area (Å²) in [6.45, 7) is 7.54. The highest BCUT2D eigenvalue weighted by Crippen LogP contribution is 2.54. The van der Waals surface area contributed by atoms with Gasteiger partial charge in [0.25, 0.3) is 0 Å². The van der Waals surface area contributed by atoms with E-state index in [1.54, 1.807) is 27.7 Å². The highest BCUT2D eigenvalue weighted by atomic mass is 32.1. The number of hydrogen-bond donors (Lipinski definition) is 1. The number of phosphoric acid groups is 1. The number of carbonyl (C=O) groups excluding carboxylic acids is 1. The zero-order valence-corrected chi connectivity index (χ0v) is 14.0. The van der Waals surface area contributed by atoms with E-state index in [9.17, 15) is 9.36 Å². The lowest BCUT2D eigenvalue weighted by atomic mass is 10.1. The van der Waals surface area contributed by atoms with Crippen LogP contribution in [0.4, 0.5) is 0 Å². The van der Waals surface area contributed by atoms with Crippen molar-refractivity contribution in [2.24, 2.45) is 5.92 Å².